The number of nitrogens with one attached hydrogen (secondary N) is 2. The van der Waals surface area contributed by atoms with Crippen molar-refractivity contribution in [2.45, 2.75) is 24.7 Å². The predicted molar refractivity (Wildman–Crippen MR) is 117 cm³/mol. The minimum atomic E-state index is -0.0366. The Balaban J connectivity index is 1.88. The molecule has 28 heavy (non-hydrogen) atoms. The van der Waals surface area contributed by atoms with Crippen molar-refractivity contribution >= 4 is 17.6 Å². The van der Waals surface area contributed by atoms with Gasteiger partial charge in [-0.2, -0.15) is 0 Å². The van der Waals surface area contributed by atoms with Crippen LogP contribution in [0.5, 0.6) is 0 Å². The highest BCUT2D eigenvalue weighted by Gasteiger charge is 2.36. The van der Waals surface area contributed by atoms with Gasteiger partial charge in [0.1, 0.15) is 0 Å². The quantitative estimate of drug-likeness (QED) is 0.352. The van der Waals surface area contributed by atoms with Crippen LogP contribution in [0.25, 0.3) is 0 Å². The molecular weight excluding hydrogens is 376 g/mol. The highest BCUT2D eigenvalue weighted by Crippen LogP contribution is 2.38. The number of hydrogen-bond donors (Lipinski definition) is 2. The van der Waals surface area contributed by atoms with Crippen LogP contribution in [-0.2, 0) is 14.9 Å². The molecule has 0 aromatic heterocycles. The van der Waals surface area contributed by atoms with Gasteiger partial charge in [0, 0.05) is 70.6 Å². The SMILES string of the molecule is CN=C(NCCN(C)CCCOC)NCC1(c2ccccc2Cl)CCOCC1. The smallest absolute Gasteiger partial charge is 0.191 e. The standard InChI is InChI=1S/C21H35ClN4O2/c1-23-20(24-11-13-26(2)12-6-14-27-3)25-17-21(9-15-28-16-10-21)18-7-4-5-8-19(18)22/h4-5,7-8H,6,9-17H2,1-3H3,(H2,23,24,25). The lowest BCUT2D eigenvalue weighted by Crippen LogP contribution is -2.49. The van der Waals surface area contributed by atoms with Crippen molar-refractivity contribution in [1.29, 1.82) is 0 Å². The highest BCUT2D eigenvalue weighted by atomic mass is 35.5. The maximum Gasteiger partial charge on any atom is 0.191 e. The van der Waals surface area contributed by atoms with E-state index >= 15 is 0 Å². The molecule has 1 heterocycles. The summed E-state index contributed by atoms with van der Waals surface area (Å²) < 4.78 is 10.7. The van der Waals surface area contributed by atoms with E-state index in [-0.39, 0.29) is 5.41 Å². The number of methoxy groups -OCH3 is 1. The fourth-order valence-corrected chi connectivity index (χ4v) is 3.96. The summed E-state index contributed by atoms with van der Waals surface area (Å²) in [5, 5.41) is 7.76. The monoisotopic (exact) mass is 410 g/mol. The topological polar surface area (TPSA) is 58.1 Å². The Morgan fingerprint density at radius 1 is 1.25 bits per heavy atom. The summed E-state index contributed by atoms with van der Waals surface area (Å²) in [6, 6.07) is 8.15. The Morgan fingerprint density at radius 2 is 2.00 bits per heavy atom. The van der Waals surface area contributed by atoms with Gasteiger partial charge < -0.3 is 25.0 Å². The summed E-state index contributed by atoms with van der Waals surface area (Å²) >= 11 is 6.54. The molecule has 1 aliphatic heterocycles. The largest absolute Gasteiger partial charge is 0.385 e. The third kappa shape index (κ3) is 6.92. The summed E-state index contributed by atoms with van der Waals surface area (Å²) in [6.07, 6.45) is 2.94. The van der Waals surface area contributed by atoms with E-state index in [1.54, 1.807) is 7.11 Å². The molecule has 0 atom stereocenters. The molecule has 7 heteroatoms. The van der Waals surface area contributed by atoms with E-state index in [4.69, 9.17) is 21.1 Å². The molecule has 0 radical (unpaired) electrons. The minimum Gasteiger partial charge on any atom is -0.385 e. The van der Waals surface area contributed by atoms with Crippen LogP contribution in [0, 0.1) is 0 Å². The lowest BCUT2D eigenvalue weighted by atomic mass is 9.74. The predicted octanol–water partition coefficient (Wildman–Crippen LogP) is 2.52. The third-order valence-electron chi connectivity index (χ3n) is 5.39. The van der Waals surface area contributed by atoms with Crippen molar-refractivity contribution in [1.82, 2.24) is 15.5 Å². The number of halogens is 1. The van der Waals surface area contributed by atoms with Crippen molar-refractivity contribution < 1.29 is 9.47 Å². The molecule has 0 amide bonds. The average Bonchev–Trinajstić information content (AvgIpc) is 2.71. The highest BCUT2D eigenvalue weighted by molar-refractivity contribution is 6.31. The Bertz CT molecular complexity index is 606. The first-order valence-corrected chi connectivity index (χ1v) is 10.4. The van der Waals surface area contributed by atoms with Crippen LogP contribution >= 0.6 is 11.6 Å². The van der Waals surface area contributed by atoms with E-state index in [2.05, 4.69) is 39.7 Å². The molecule has 0 unspecified atom stereocenters. The van der Waals surface area contributed by atoms with E-state index in [0.29, 0.717) is 0 Å². The first-order valence-electron chi connectivity index (χ1n) is 10.1. The molecule has 1 aromatic carbocycles. The van der Waals surface area contributed by atoms with Crippen LogP contribution in [-0.4, -0.2) is 78.1 Å². The van der Waals surface area contributed by atoms with Gasteiger partial charge in [0.05, 0.1) is 0 Å². The van der Waals surface area contributed by atoms with Gasteiger partial charge in [-0.05, 0) is 37.9 Å². The van der Waals surface area contributed by atoms with Crippen LogP contribution < -0.4 is 10.6 Å². The number of likely N-dealkylation sites (N-methyl/N-ethyl adjacent to an activating group) is 1. The number of nitrogens with zero attached hydrogens (tertiary/aromatic N) is 2. The average molecular weight is 411 g/mol. The Hall–Kier alpha value is -1.34. The van der Waals surface area contributed by atoms with Gasteiger partial charge in [0.15, 0.2) is 5.96 Å². The maximum absolute atomic E-state index is 6.54. The summed E-state index contributed by atoms with van der Waals surface area (Å²) in [5.41, 5.74) is 1.16. The summed E-state index contributed by atoms with van der Waals surface area (Å²) in [5.74, 6) is 0.822. The van der Waals surface area contributed by atoms with Gasteiger partial charge in [-0.25, -0.2) is 0 Å². The Morgan fingerprint density at radius 3 is 2.68 bits per heavy atom. The van der Waals surface area contributed by atoms with E-state index in [1.807, 2.05) is 19.2 Å². The number of rotatable bonds is 10. The normalized spacial score (nSPS) is 17.0. The number of guanidine groups is 1. The molecular formula is C21H35ClN4O2. The Labute approximate surface area is 174 Å². The molecule has 0 spiro atoms. The number of hydrogen-bond acceptors (Lipinski definition) is 4. The summed E-state index contributed by atoms with van der Waals surface area (Å²) in [4.78, 5) is 6.68. The second-order valence-corrected chi connectivity index (χ2v) is 7.78. The van der Waals surface area contributed by atoms with Crippen molar-refractivity contribution in [3.8, 4) is 0 Å². The molecule has 1 fully saturated rings. The third-order valence-corrected chi connectivity index (χ3v) is 5.72. The van der Waals surface area contributed by atoms with Gasteiger partial charge in [0.25, 0.3) is 0 Å². The molecule has 1 saturated heterocycles. The Kier molecular flexibility index (Phi) is 10.1. The van der Waals surface area contributed by atoms with Gasteiger partial charge in [-0.3, -0.25) is 4.99 Å². The van der Waals surface area contributed by atoms with Gasteiger partial charge in [-0.1, -0.05) is 29.8 Å². The zero-order chi connectivity index (χ0) is 20.2. The van der Waals surface area contributed by atoms with E-state index in [0.717, 1.165) is 76.2 Å². The minimum absolute atomic E-state index is 0.0366. The second kappa shape index (κ2) is 12.3. The van der Waals surface area contributed by atoms with Crippen LogP contribution in [0.2, 0.25) is 5.02 Å². The maximum atomic E-state index is 6.54. The molecule has 1 aliphatic rings. The van der Waals surface area contributed by atoms with E-state index in [1.165, 1.54) is 5.56 Å². The zero-order valence-corrected chi connectivity index (χ0v) is 18.2. The summed E-state index contributed by atoms with van der Waals surface area (Å²) in [7, 11) is 5.68. The summed E-state index contributed by atoms with van der Waals surface area (Å²) in [6.45, 7) is 5.91. The van der Waals surface area contributed by atoms with Crippen LogP contribution in [0.4, 0.5) is 0 Å². The van der Waals surface area contributed by atoms with Crippen LogP contribution in [0.1, 0.15) is 24.8 Å². The van der Waals surface area contributed by atoms with E-state index < -0.39 is 0 Å². The number of benzene rings is 1. The fourth-order valence-electron chi connectivity index (χ4n) is 3.62. The fraction of sp³-hybridized carbons (Fsp3) is 0.667. The van der Waals surface area contributed by atoms with Gasteiger partial charge in [-0.15, -0.1) is 0 Å². The van der Waals surface area contributed by atoms with Crippen molar-refractivity contribution in [2.75, 3.05) is 67.2 Å². The first-order chi connectivity index (χ1) is 13.6. The molecule has 0 bridgehead atoms. The van der Waals surface area contributed by atoms with Gasteiger partial charge >= 0.3 is 0 Å². The molecule has 0 aliphatic carbocycles. The lowest BCUT2D eigenvalue weighted by molar-refractivity contribution is 0.0514. The van der Waals surface area contributed by atoms with E-state index in [9.17, 15) is 0 Å². The molecule has 1 aromatic rings. The molecule has 158 valence electrons. The van der Waals surface area contributed by atoms with Crippen LogP contribution in [0.3, 0.4) is 0 Å². The van der Waals surface area contributed by atoms with Gasteiger partial charge in [0.2, 0.25) is 0 Å². The molecule has 0 saturated carbocycles. The van der Waals surface area contributed by atoms with Crippen molar-refractivity contribution in [3.05, 3.63) is 34.9 Å². The molecule has 6 nitrogen and oxygen atoms in total. The van der Waals surface area contributed by atoms with Crippen molar-refractivity contribution in [3.63, 3.8) is 0 Å². The number of ether oxygens (including phenoxy) is 2. The first kappa shape index (κ1) is 22.9. The second-order valence-electron chi connectivity index (χ2n) is 7.37. The zero-order valence-electron chi connectivity index (χ0n) is 17.5. The number of aliphatic imine (C=N–C) groups is 1. The lowest BCUT2D eigenvalue weighted by Gasteiger charge is -2.38. The molecule has 2 rings (SSSR count). The van der Waals surface area contributed by atoms with Crippen molar-refractivity contribution in [2.24, 2.45) is 4.99 Å². The van der Waals surface area contributed by atoms with Crippen LogP contribution in [0.15, 0.2) is 29.3 Å². The molecule has 2 N–H and O–H groups in total.